The molecule has 22 heavy (non-hydrogen) atoms. The van der Waals surface area contributed by atoms with Crippen LogP contribution in [0, 0.1) is 0 Å². The number of aliphatic hydroxyl groups is 1. The molecule has 0 unspecified atom stereocenters. The van der Waals surface area contributed by atoms with Crippen molar-refractivity contribution >= 4 is 34.1 Å². The molecule has 3 aromatic rings. The van der Waals surface area contributed by atoms with E-state index in [0.717, 1.165) is 0 Å². The molecule has 10 heteroatoms. The third-order valence-corrected chi connectivity index (χ3v) is 3.37. The highest BCUT2D eigenvalue weighted by Crippen LogP contribution is 2.40. The molecule has 3 aromatic heterocycles. The second-order valence-corrected chi connectivity index (χ2v) is 4.86. The van der Waals surface area contributed by atoms with Gasteiger partial charge in [-0.3, -0.25) is 4.57 Å². The monoisotopic (exact) mass is 321 g/mol. The summed E-state index contributed by atoms with van der Waals surface area (Å²) in [5.74, 6) is -1.28. The number of nitrogen functional groups attached to an aromatic ring is 1. The maximum Gasteiger partial charge on any atom is 0.252 e. The van der Waals surface area contributed by atoms with Crippen LogP contribution in [0.1, 0.15) is 11.3 Å². The van der Waals surface area contributed by atoms with Crippen molar-refractivity contribution in [1.82, 2.24) is 14.5 Å². The van der Waals surface area contributed by atoms with Crippen LogP contribution < -0.4 is 11.5 Å². The first kappa shape index (κ1) is 14.1. The van der Waals surface area contributed by atoms with Gasteiger partial charge in [0.05, 0.1) is 5.39 Å². The zero-order chi connectivity index (χ0) is 16.0. The number of furan rings is 1. The Labute approximate surface area is 128 Å². The summed E-state index contributed by atoms with van der Waals surface area (Å²) in [6, 6.07) is 0. The van der Waals surface area contributed by atoms with Crippen LogP contribution in [-0.4, -0.2) is 34.8 Å². The fourth-order valence-corrected chi connectivity index (χ4v) is 2.30. The molecule has 7 N–H and O–H groups in total. The fraction of sp³-hybridized carbons (Fsp3) is 0.0833. The Morgan fingerprint density at radius 1 is 1.32 bits per heavy atom. The molecule has 0 aliphatic rings. The standard InChI is InChI=1S/C12H11N5O4S/c13-9-6-4(10(14)22)1-17(11(6)16-3-15-9)12-8(20)7(19)5(2-18)21-12/h1,3,18-20H,2H2,(H2,14,22)(H2,13,15,16). The van der Waals surface area contributed by atoms with E-state index in [1.165, 1.54) is 17.1 Å². The van der Waals surface area contributed by atoms with Crippen LogP contribution in [0.4, 0.5) is 5.82 Å². The Kier molecular flexibility index (Phi) is 3.11. The zero-order valence-electron chi connectivity index (χ0n) is 11.0. The van der Waals surface area contributed by atoms with Crippen LogP contribution in [0.25, 0.3) is 16.9 Å². The number of aliphatic hydroxyl groups excluding tert-OH is 1. The van der Waals surface area contributed by atoms with Crippen molar-refractivity contribution in [2.24, 2.45) is 5.73 Å². The minimum Gasteiger partial charge on any atom is -0.502 e. The highest BCUT2D eigenvalue weighted by Gasteiger charge is 2.24. The summed E-state index contributed by atoms with van der Waals surface area (Å²) >= 11 is 4.97. The lowest BCUT2D eigenvalue weighted by molar-refractivity contribution is 0.239. The van der Waals surface area contributed by atoms with E-state index in [9.17, 15) is 10.2 Å². The number of anilines is 1. The summed E-state index contributed by atoms with van der Waals surface area (Å²) in [7, 11) is 0. The first-order valence-electron chi connectivity index (χ1n) is 6.01. The van der Waals surface area contributed by atoms with E-state index in [4.69, 9.17) is 33.2 Å². The average Bonchev–Trinajstić information content (AvgIpc) is 3.00. The van der Waals surface area contributed by atoms with Crippen molar-refractivity contribution in [1.29, 1.82) is 0 Å². The molecule has 0 aromatic carbocycles. The van der Waals surface area contributed by atoms with E-state index in [1.807, 2.05) is 0 Å². The molecular formula is C12H11N5O4S. The smallest absolute Gasteiger partial charge is 0.252 e. The average molecular weight is 321 g/mol. The second-order valence-electron chi connectivity index (χ2n) is 4.42. The number of aromatic hydroxyl groups is 2. The molecule has 0 aliphatic carbocycles. The molecule has 3 heterocycles. The van der Waals surface area contributed by atoms with Gasteiger partial charge in [0.1, 0.15) is 23.7 Å². The Morgan fingerprint density at radius 3 is 2.64 bits per heavy atom. The van der Waals surface area contributed by atoms with Gasteiger partial charge in [0, 0.05) is 11.8 Å². The predicted molar refractivity (Wildman–Crippen MR) is 80.7 cm³/mol. The lowest BCUT2D eigenvalue weighted by Gasteiger charge is -2.01. The molecule has 0 amide bonds. The SMILES string of the molecule is NC(=S)c1cn(-c2oc(CO)c(O)c2O)c2ncnc(N)c12. The molecular weight excluding hydrogens is 310 g/mol. The summed E-state index contributed by atoms with van der Waals surface area (Å²) in [4.78, 5) is 8.00. The van der Waals surface area contributed by atoms with Crippen LogP contribution in [0.3, 0.4) is 0 Å². The molecule has 0 atom stereocenters. The van der Waals surface area contributed by atoms with Crippen LogP contribution in [0.5, 0.6) is 11.5 Å². The van der Waals surface area contributed by atoms with E-state index in [0.29, 0.717) is 10.9 Å². The number of rotatable bonds is 3. The molecule has 0 saturated carbocycles. The highest BCUT2D eigenvalue weighted by molar-refractivity contribution is 7.80. The summed E-state index contributed by atoms with van der Waals surface area (Å²) in [6.07, 6.45) is 2.68. The van der Waals surface area contributed by atoms with Crippen LogP contribution in [0.15, 0.2) is 16.9 Å². The van der Waals surface area contributed by atoms with Crippen molar-refractivity contribution in [3.8, 4) is 17.4 Å². The van der Waals surface area contributed by atoms with Crippen LogP contribution in [0.2, 0.25) is 0 Å². The van der Waals surface area contributed by atoms with Gasteiger partial charge in [0.2, 0.25) is 11.5 Å². The van der Waals surface area contributed by atoms with Crippen molar-refractivity contribution in [3.05, 3.63) is 23.8 Å². The molecule has 0 fully saturated rings. The number of aromatic nitrogens is 3. The second kappa shape index (κ2) is 4.86. The van der Waals surface area contributed by atoms with Gasteiger partial charge in [-0.15, -0.1) is 0 Å². The maximum absolute atomic E-state index is 9.97. The number of hydrogen-bond acceptors (Lipinski definition) is 8. The Bertz CT molecular complexity index is 901. The molecule has 0 spiro atoms. The van der Waals surface area contributed by atoms with Crippen molar-refractivity contribution < 1.29 is 19.7 Å². The van der Waals surface area contributed by atoms with Gasteiger partial charge >= 0.3 is 0 Å². The first-order valence-corrected chi connectivity index (χ1v) is 6.42. The fourth-order valence-electron chi connectivity index (χ4n) is 2.14. The van der Waals surface area contributed by atoms with E-state index in [1.54, 1.807) is 0 Å². The third-order valence-electron chi connectivity index (χ3n) is 3.15. The molecule has 3 rings (SSSR count). The third kappa shape index (κ3) is 1.85. The largest absolute Gasteiger partial charge is 0.502 e. The molecule has 0 saturated heterocycles. The first-order chi connectivity index (χ1) is 10.5. The summed E-state index contributed by atoms with van der Waals surface area (Å²) < 4.78 is 6.56. The lowest BCUT2D eigenvalue weighted by Crippen LogP contribution is -2.09. The van der Waals surface area contributed by atoms with Crippen molar-refractivity contribution in [3.63, 3.8) is 0 Å². The number of fused-ring (bicyclic) bond motifs is 1. The molecule has 0 radical (unpaired) electrons. The van der Waals surface area contributed by atoms with Gasteiger partial charge < -0.3 is 31.2 Å². The van der Waals surface area contributed by atoms with Crippen LogP contribution >= 0.6 is 12.2 Å². The van der Waals surface area contributed by atoms with Gasteiger partial charge in [-0.25, -0.2) is 9.97 Å². The molecule has 0 bridgehead atoms. The van der Waals surface area contributed by atoms with E-state index < -0.39 is 18.1 Å². The predicted octanol–water partition coefficient (Wildman–Crippen LogP) is 0.133. The van der Waals surface area contributed by atoms with E-state index in [2.05, 4.69) is 9.97 Å². The number of nitrogens with two attached hydrogens (primary N) is 2. The normalized spacial score (nSPS) is 11.1. The minimum atomic E-state index is -0.585. The van der Waals surface area contributed by atoms with Crippen LogP contribution in [-0.2, 0) is 6.61 Å². The summed E-state index contributed by atoms with van der Waals surface area (Å²) in [6.45, 7) is -0.585. The highest BCUT2D eigenvalue weighted by atomic mass is 32.1. The topological polar surface area (TPSA) is 157 Å². The van der Waals surface area contributed by atoms with Crippen molar-refractivity contribution in [2.75, 3.05) is 5.73 Å². The molecule has 114 valence electrons. The van der Waals surface area contributed by atoms with Gasteiger partial charge in [-0.2, -0.15) is 0 Å². The Balaban J connectivity index is 2.38. The molecule has 0 aliphatic heterocycles. The van der Waals surface area contributed by atoms with Gasteiger partial charge in [-0.05, 0) is 0 Å². The minimum absolute atomic E-state index is 0.0582. The molecule has 9 nitrogen and oxygen atoms in total. The summed E-state index contributed by atoms with van der Waals surface area (Å²) in [5.41, 5.74) is 12.2. The van der Waals surface area contributed by atoms with E-state index >= 15 is 0 Å². The van der Waals surface area contributed by atoms with Gasteiger partial charge in [0.15, 0.2) is 11.4 Å². The zero-order valence-corrected chi connectivity index (χ0v) is 11.8. The van der Waals surface area contributed by atoms with Gasteiger partial charge in [-0.1, -0.05) is 12.2 Å². The quantitative estimate of drug-likeness (QED) is 0.423. The maximum atomic E-state index is 9.97. The van der Waals surface area contributed by atoms with Crippen molar-refractivity contribution in [2.45, 2.75) is 6.61 Å². The Morgan fingerprint density at radius 2 is 2.05 bits per heavy atom. The summed E-state index contributed by atoms with van der Waals surface area (Å²) in [5, 5.41) is 29.2. The number of nitrogens with zero attached hydrogens (tertiary/aromatic N) is 3. The lowest BCUT2D eigenvalue weighted by atomic mass is 10.2. The Hall–Kier alpha value is -2.85. The van der Waals surface area contributed by atoms with Gasteiger partial charge in [0.25, 0.3) is 5.88 Å². The van der Waals surface area contributed by atoms with E-state index in [-0.39, 0.29) is 28.1 Å². The number of hydrogen-bond donors (Lipinski definition) is 5. The number of thiocarbonyl (C=S) groups is 1.